The lowest BCUT2D eigenvalue weighted by atomic mass is 10.1. The summed E-state index contributed by atoms with van der Waals surface area (Å²) >= 11 is 0. The van der Waals surface area contributed by atoms with Crippen LogP contribution in [0.4, 0.5) is 5.82 Å². The minimum Gasteiger partial charge on any atom is -0.494 e. The molecule has 0 aliphatic carbocycles. The van der Waals surface area contributed by atoms with E-state index < -0.39 is 0 Å². The summed E-state index contributed by atoms with van der Waals surface area (Å²) in [5.74, 6) is 2.52. The third-order valence-electron chi connectivity index (χ3n) is 3.31. The Morgan fingerprint density at radius 1 is 1.14 bits per heavy atom. The van der Waals surface area contributed by atoms with E-state index in [4.69, 9.17) is 4.74 Å². The van der Waals surface area contributed by atoms with Gasteiger partial charge in [-0.05, 0) is 39.3 Å². The largest absolute Gasteiger partial charge is 0.494 e. The number of ether oxygens (including phenoxy) is 1. The van der Waals surface area contributed by atoms with Crippen molar-refractivity contribution in [1.82, 2.24) is 9.97 Å². The molecule has 4 nitrogen and oxygen atoms in total. The van der Waals surface area contributed by atoms with E-state index in [1.165, 1.54) is 5.56 Å². The van der Waals surface area contributed by atoms with Crippen LogP contribution in [-0.4, -0.2) is 23.1 Å². The summed E-state index contributed by atoms with van der Waals surface area (Å²) in [6, 6.07) is 7.92. The maximum atomic E-state index is 5.55. The Morgan fingerprint density at radius 3 is 2.62 bits per heavy atom. The molecule has 0 aliphatic heterocycles. The quantitative estimate of drug-likeness (QED) is 0.876. The van der Waals surface area contributed by atoms with Gasteiger partial charge in [-0.25, -0.2) is 9.97 Å². The second-order valence-electron chi connectivity index (χ2n) is 4.80. The molecule has 0 unspecified atom stereocenters. The summed E-state index contributed by atoms with van der Waals surface area (Å²) in [5, 5.41) is 3.34. The maximum Gasteiger partial charge on any atom is 0.161 e. The molecule has 0 radical (unpaired) electrons. The van der Waals surface area contributed by atoms with Crippen molar-refractivity contribution in [2.45, 2.75) is 34.1 Å². The van der Waals surface area contributed by atoms with Crippen LogP contribution in [0.5, 0.6) is 5.75 Å². The molecule has 2 rings (SSSR count). The molecule has 1 N–H and O–H groups in total. The fraction of sp³-hybridized carbons (Fsp3) is 0.412. The molecule has 0 saturated heterocycles. The minimum absolute atomic E-state index is 0.654. The zero-order chi connectivity index (χ0) is 15.2. The number of benzene rings is 1. The molecule has 1 aromatic heterocycles. The maximum absolute atomic E-state index is 5.55. The van der Waals surface area contributed by atoms with E-state index in [1.54, 1.807) is 0 Å². The van der Waals surface area contributed by atoms with E-state index in [1.807, 2.05) is 38.1 Å². The zero-order valence-corrected chi connectivity index (χ0v) is 13.2. The van der Waals surface area contributed by atoms with Crippen molar-refractivity contribution in [1.29, 1.82) is 0 Å². The summed E-state index contributed by atoms with van der Waals surface area (Å²) in [4.78, 5) is 9.34. The van der Waals surface area contributed by atoms with Crippen molar-refractivity contribution in [3.05, 3.63) is 35.5 Å². The first-order chi connectivity index (χ1) is 10.2. The molecule has 0 saturated carbocycles. The summed E-state index contributed by atoms with van der Waals surface area (Å²) in [6.45, 7) is 9.72. The van der Waals surface area contributed by atoms with Crippen LogP contribution in [0.2, 0.25) is 0 Å². The van der Waals surface area contributed by atoms with Crippen LogP contribution in [0.1, 0.15) is 32.0 Å². The Bertz CT molecular complexity index is 611. The van der Waals surface area contributed by atoms with Gasteiger partial charge in [-0.2, -0.15) is 0 Å². The zero-order valence-electron chi connectivity index (χ0n) is 13.2. The van der Waals surface area contributed by atoms with Crippen molar-refractivity contribution >= 4 is 5.82 Å². The predicted molar refractivity (Wildman–Crippen MR) is 86.9 cm³/mol. The fourth-order valence-corrected chi connectivity index (χ4v) is 2.35. The van der Waals surface area contributed by atoms with E-state index in [2.05, 4.69) is 29.1 Å². The molecule has 0 amide bonds. The summed E-state index contributed by atoms with van der Waals surface area (Å²) in [5.41, 5.74) is 3.19. The van der Waals surface area contributed by atoms with Crippen LogP contribution in [0.25, 0.3) is 11.4 Å². The van der Waals surface area contributed by atoms with Crippen LogP contribution in [0, 0.1) is 6.92 Å². The highest BCUT2D eigenvalue weighted by Gasteiger charge is 2.11. The fourth-order valence-electron chi connectivity index (χ4n) is 2.35. The van der Waals surface area contributed by atoms with Crippen molar-refractivity contribution in [3.63, 3.8) is 0 Å². The predicted octanol–water partition coefficient (Wildman–Crippen LogP) is 3.84. The van der Waals surface area contributed by atoms with Gasteiger partial charge in [0.1, 0.15) is 11.6 Å². The van der Waals surface area contributed by atoms with E-state index in [0.717, 1.165) is 41.6 Å². The standard InChI is InChI=1S/C17H23N3O/c1-5-15-12(4)19-16(20-17(15)18-6-2)13-9-8-10-14(11-13)21-7-3/h8-11H,5-7H2,1-4H3,(H,18,19,20). The highest BCUT2D eigenvalue weighted by atomic mass is 16.5. The van der Waals surface area contributed by atoms with Gasteiger partial charge >= 0.3 is 0 Å². The molecule has 0 bridgehead atoms. The molecule has 21 heavy (non-hydrogen) atoms. The Labute approximate surface area is 126 Å². The topological polar surface area (TPSA) is 47.0 Å². The van der Waals surface area contributed by atoms with Gasteiger partial charge in [0.05, 0.1) is 6.61 Å². The SMILES string of the molecule is CCNc1nc(-c2cccc(OCC)c2)nc(C)c1CC. The molecular weight excluding hydrogens is 262 g/mol. The Hall–Kier alpha value is -2.10. The highest BCUT2D eigenvalue weighted by Crippen LogP contribution is 2.25. The van der Waals surface area contributed by atoms with Crippen LogP contribution in [-0.2, 0) is 6.42 Å². The van der Waals surface area contributed by atoms with Crippen molar-refractivity contribution < 1.29 is 4.74 Å². The molecule has 0 spiro atoms. The summed E-state index contributed by atoms with van der Waals surface area (Å²) in [6.07, 6.45) is 0.924. The lowest BCUT2D eigenvalue weighted by Gasteiger charge is -2.13. The van der Waals surface area contributed by atoms with E-state index in [0.29, 0.717) is 6.61 Å². The van der Waals surface area contributed by atoms with Gasteiger partial charge in [0.25, 0.3) is 0 Å². The average Bonchev–Trinajstić information content (AvgIpc) is 2.48. The average molecular weight is 285 g/mol. The Kier molecular flexibility index (Phi) is 5.14. The number of nitrogens with zero attached hydrogens (tertiary/aromatic N) is 2. The molecule has 1 aromatic carbocycles. The highest BCUT2D eigenvalue weighted by molar-refractivity contribution is 5.61. The van der Waals surface area contributed by atoms with Gasteiger partial charge in [0.15, 0.2) is 5.82 Å². The number of rotatable bonds is 6. The van der Waals surface area contributed by atoms with E-state index in [-0.39, 0.29) is 0 Å². The molecule has 112 valence electrons. The lowest BCUT2D eigenvalue weighted by Crippen LogP contribution is -2.08. The molecule has 0 aliphatic rings. The molecule has 0 atom stereocenters. The van der Waals surface area contributed by atoms with Crippen LogP contribution in [0.15, 0.2) is 24.3 Å². The second-order valence-corrected chi connectivity index (χ2v) is 4.80. The van der Waals surface area contributed by atoms with Crippen LogP contribution < -0.4 is 10.1 Å². The second kappa shape index (κ2) is 7.07. The van der Waals surface area contributed by atoms with Gasteiger partial charge < -0.3 is 10.1 Å². The molecule has 2 aromatic rings. The number of hydrogen-bond donors (Lipinski definition) is 1. The number of aryl methyl sites for hydroxylation is 1. The Morgan fingerprint density at radius 2 is 1.95 bits per heavy atom. The van der Waals surface area contributed by atoms with Crippen molar-refractivity contribution in [2.75, 3.05) is 18.5 Å². The molecular formula is C17H23N3O. The number of hydrogen-bond acceptors (Lipinski definition) is 4. The van der Waals surface area contributed by atoms with E-state index in [9.17, 15) is 0 Å². The molecule has 1 heterocycles. The van der Waals surface area contributed by atoms with Gasteiger partial charge in [0.2, 0.25) is 0 Å². The first kappa shape index (κ1) is 15.3. The number of aromatic nitrogens is 2. The molecule has 4 heteroatoms. The Balaban J connectivity index is 2.46. The number of anilines is 1. The first-order valence-electron chi connectivity index (χ1n) is 7.54. The summed E-state index contributed by atoms with van der Waals surface area (Å²) in [7, 11) is 0. The smallest absolute Gasteiger partial charge is 0.161 e. The lowest BCUT2D eigenvalue weighted by molar-refractivity contribution is 0.340. The van der Waals surface area contributed by atoms with E-state index >= 15 is 0 Å². The monoisotopic (exact) mass is 285 g/mol. The molecule has 0 fully saturated rings. The van der Waals surface area contributed by atoms with Gasteiger partial charge in [0, 0.05) is 23.4 Å². The van der Waals surface area contributed by atoms with Crippen molar-refractivity contribution in [2.24, 2.45) is 0 Å². The van der Waals surface area contributed by atoms with Crippen LogP contribution in [0.3, 0.4) is 0 Å². The van der Waals surface area contributed by atoms with Gasteiger partial charge in [-0.1, -0.05) is 19.1 Å². The first-order valence-corrected chi connectivity index (χ1v) is 7.54. The van der Waals surface area contributed by atoms with Gasteiger partial charge in [-0.15, -0.1) is 0 Å². The third kappa shape index (κ3) is 3.51. The van der Waals surface area contributed by atoms with Crippen LogP contribution >= 0.6 is 0 Å². The summed E-state index contributed by atoms with van der Waals surface area (Å²) < 4.78 is 5.55. The third-order valence-corrected chi connectivity index (χ3v) is 3.31. The minimum atomic E-state index is 0.654. The van der Waals surface area contributed by atoms with Gasteiger partial charge in [-0.3, -0.25) is 0 Å². The number of nitrogens with one attached hydrogen (secondary N) is 1. The normalized spacial score (nSPS) is 10.5. The van der Waals surface area contributed by atoms with Crippen molar-refractivity contribution in [3.8, 4) is 17.1 Å².